The van der Waals surface area contributed by atoms with Gasteiger partial charge in [-0.2, -0.15) is 0 Å². The second-order valence-electron chi connectivity index (χ2n) is 4.69. The van der Waals surface area contributed by atoms with Crippen molar-refractivity contribution >= 4 is 0 Å². The molecule has 0 bridgehead atoms. The summed E-state index contributed by atoms with van der Waals surface area (Å²) >= 11 is 0. The van der Waals surface area contributed by atoms with Gasteiger partial charge in [0.1, 0.15) is 11.5 Å². The molecule has 0 aromatic heterocycles. The monoisotopic (exact) mass is 304 g/mol. The summed E-state index contributed by atoms with van der Waals surface area (Å²) in [6.45, 7) is 4.00. The Bertz CT molecular complexity index is 594. The van der Waals surface area contributed by atoms with E-state index in [1.807, 2.05) is 50.2 Å². The molecule has 4 heteroatoms. The van der Waals surface area contributed by atoms with Crippen LogP contribution in [0.25, 0.3) is 0 Å². The molecule has 0 atom stereocenters. The predicted molar refractivity (Wildman–Crippen MR) is 88.6 cm³/mol. The van der Waals surface area contributed by atoms with Crippen LogP contribution in [0.2, 0.25) is 0 Å². The first kappa shape index (κ1) is 17.7. The first-order valence-corrected chi connectivity index (χ1v) is 6.93. The van der Waals surface area contributed by atoms with E-state index in [0.717, 1.165) is 28.6 Å². The van der Waals surface area contributed by atoms with Gasteiger partial charge in [-0.15, -0.1) is 0 Å². The average Bonchev–Trinajstić information content (AvgIpc) is 2.55. The Morgan fingerprint density at radius 3 is 1.68 bits per heavy atom. The molecule has 22 heavy (non-hydrogen) atoms. The van der Waals surface area contributed by atoms with Gasteiger partial charge in [-0.1, -0.05) is 6.07 Å². The van der Waals surface area contributed by atoms with Crippen molar-refractivity contribution in [3.05, 3.63) is 47.5 Å². The van der Waals surface area contributed by atoms with Crippen LogP contribution in [0.4, 0.5) is 0 Å². The Kier molecular flexibility index (Phi) is 7.09. The Morgan fingerprint density at radius 2 is 1.18 bits per heavy atom. The van der Waals surface area contributed by atoms with Crippen LogP contribution in [0, 0.1) is 13.8 Å². The first-order chi connectivity index (χ1) is 10.5. The molecule has 0 spiro atoms. The third-order valence-electron chi connectivity index (χ3n) is 3.14. The summed E-state index contributed by atoms with van der Waals surface area (Å²) < 4.78 is 20.3. The summed E-state index contributed by atoms with van der Waals surface area (Å²) in [6.07, 6.45) is 0. The molecule has 0 N–H and O–H groups in total. The number of rotatable bonds is 4. The third kappa shape index (κ3) is 4.88. The highest BCUT2D eigenvalue weighted by Gasteiger charge is 2.00. The molecule has 0 aliphatic carbocycles. The minimum absolute atomic E-state index is 0.776. The van der Waals surface area contributed by atoms with E-state index in [2.05, 4.69) is 0 Å². The molecule has 0 unspecified atom stereocenters. The maximum absolute atomic E-state index is 5.09. The van der Waals surface area contributed by atoms with E-state index in [0.29, 0.717) is 0 Å². The van der Waals surface area contributed by atoms with Crippen molar-refractivity contribution in [2.24, 2.45) is 0 Å². The number of hydrogen-bond acceptors (Lipinski definition) is 4. The third-order valence-corrected chi connectivity index (χ3v) is 3.14. The van der Waals surface area contributed by atoms with Crippen LogP contribution < -0.4 is 18.9 Å². The highest BCUT2D eigenvalue weighted by molar-refractivity contribution is 5.42. The first-order valence-electron chi connectivity index (χ1n) is 6.93. The standard InChI is InChI=1S/2C9H12O2/c1-7-6-8(10-2)4-5-9(7)11-3;1-7-4-5-8(10-2)9(6-7)11-3/h2*4-6H,1-3H3. The Hall–Kier alpha value is -2.36. The molecule has 2 aromatic rings. The van der Waals surface area contributed by atoms with Crippen molar-refractivity contribution < 1.29 is 18.9 Å². The Labute approximate surface area is 132 Å². The summed E-state index contributed by atoms with van der Waals surface area (Å²) in [5.41, 5.74) is 2.26. The van der Waals surface area contributed by atoms with Gasteiger partial charge in [-0.25, -0.2) is 0 Å². The summed E-state index contributed by atoms with van der Waals surface area (Å²) in [4.78, 5) is 0. The molecule has 0 heterocycles. The Morgan fingerprint density at radius 1 is 0.591 bits per heavy atom. The molecule has 0 amide bonds. The van der Waals surface area contributed by atoms with Gasteiger partial charge in [0, 0.05) is 0 Å². The normalized spacial score (nSPS) is 9.36. The van der Waals surface area contributed by atoms with Crippen LogP contribution in [0.3, 0.4) is 0 Å². The van der Waals surface area contributed by atoms with Crippen LogP contribution in [0.1, 0.15) is 11.1 Å². The second kappa shape index (κ2) is 8.82. The number of methoxy groups -OCH3 is 4. The van der Waals surface area contributed by atoms with E-state index >= 15 is 0 Å². The van der Waals surface area contributed by atoms with Gasteiger partial charge in [0.05, 0.1) is 28.4 Å². The molecule has 2 rings (SSSR count). The molecule has 0 radical (unpaired) electrons. The molecular weight excluding hydrogens is 280 g/mol. The lowest BCUT2D eigenvalue weighted by molar-refractivity contribution is 0.354. The van der Waals surface area contributed by atoms with Crippen molar-refractivity contribution in [3.63, 3.8) is 0 Å². The quantitative estimate of drug-likeness (QED) is 0.854. The molecule has 120 valence electrons. The lowest BCUT2D eigenvalue weighted by Crippen LogP contribution is -1.90. The van der Waals surface area contributed by atoms with Crippen molar-refractivity contribution in [3.8, 4) is 23.0 Å². The lowest BCUT2D eigenvalue weighted by atomic mass is 10.2. The van der Waals surface area contributed by atoms with Crippen LogP contribution in [0.5, 0.6) is 23.0 Å². The average molecular weight is 304 g/mol. The lowest BCUT2D eigenvalue weighted by Gasteiger charge is -2.06. The number of aryl methyl sites for hydroxylation is 2. The van der Waals surface area contributed by atoms with E-state index in [1.54, 1.807) is 28.4 Å². The van der Waals surface area contributed by atoms with Crippen LogP contribution >= 0.6 is 0 Å². The van der Waals surface area contributed by atoms with Gasteiger partial charge in [-0.05, 0) is 55.3 Å². The maximum atomic E-state index is 5.09. The summed E-state index contributed by atoms with van der Waals surface area (Å²) in [5, 5.41) is 0. The number of hydrogen-bond donors (Lipinski definition) is 0. The van der Waals surface area contributed by atoms with E-state index in [-0.39, 0.29) is 0 Å². The fourth-order valence-electron chi connectivity index (χ4n) is 1.92. The van der Waals surface area contributed by atoms with Crippen molar-refractivity contribution in [1.82, 2.24) is 0 Å². The zero-order valence-corrected chi connectivity index (χ0v) is 14.1. The topological polar surface area (TPSA) is 36.9 Å². The summed E-state index contributed by atoms with van der Waals surface area (Å²) in [7, 11) is 6.58. The molecular formula is C18H24O4. The van der Waals surface area contributed by atoms with Gasteiger partial charge in [0.25, 0.3) is 0 Å². The van der Waals surface area contributed by atoms with Crippen LogP contribution in [-0.4, -0.2) is 28.4 Å². The van der Waals surface area contributed by atoms with Gasteiger partial charge in [0.2, 0.25) is 0 Å². The fraction of sp³-hybridized carbons (Fsp3) is 0.333. The number of benzene rings is 2. The van der Waals surface area contributed by atoms with Gasteiger partial charge in [-0.3, -0.25) is 0 Å². The summed E-state index contributed by atoms with van der Waals surface area (Å²) in [5.74, 6) is 3.32. The van der Waals surface area contributed by atoms with E-state index in [4.69, 9.17) is 18.9 Å². The summed E-state index contributed by atoms with van der Waals surface area (Å²) in [6, 6.07) is 11.5. The van der Waals surface area contributed by atoms with Gasteiger partial charge >= 0.3 is 0 Å². The molecule has 2 aromatic carbocycles. The Balaban J connectivity index is 0.000000220. The van der Waals surface area contributed by atoms with Crippen molar-refractivity contribution in [2.45, 2.75) is 13.8 Å². The minimum Gasteiger partial charge on any atom is -0.497 e. The smallest absolute Gasteiger partial charge is 0.160 e. The van der Waals surface area contributed by atoms with Crippen LogP contribution in [0.15, 0.2) is 36.4 Å². The predicted octanol–water partition coefficient (Wildman–Crippen LogP) is 4.02. The van der Waals surface area contributed by atoms with Crippen molar-refractivity contribution in [2.75, 3.05) is 28.4 Å². The zero-order valence-electron chi connectivity index (χ0n) is 14.1. The molecule has 0 aliphatic heterocycles. The highest BCUT2D eigenvalue weighted by atomic mass is 16.5. The fourth-order valence-corrected chi connectivity index (χ4v) is 1.92. The SMILES string of the molecule is COc1ccc(C)cc1OC.COc1ccc(OC)c(C)c1. The largest absolute Gasteiger partial charge is 0.497 e. The van der Waals surface area contributed by atoms with E-state index < -0.39 is 0 Å². The maximum Gasteiger partial charge on any atom is 0.160 e. The molecule has 0 saturated carbocycles. The molecule has 4 nitrogen and oxygen atoms in total. The van der Waals surface area contributed by atoms with Gasteiger partial charge < -0.3 is 18.9 Å². The number of ether oxygens (including phenoxy) is 4. The zero-order chi connectivity index (χ0) is 16.5. The minimum atomic E-state index is 0.776. The second-order valence-corrected chi connectivity index (χ2v) is 4.69. The molecule has 0 aliphatic rings. The molecule has 0 saturated heterocycles. The van der Waals surface area contributed by atoms with Gasteiger partial charge in [0.15, 0.2) is 11.5 Å². The van der Waals surface area contributed by atoms with Crippen molar-refractivity contribution in [1.29, 1.82) is 0 Å². The van der Waals surface area contributed by atoms with E-state index in [1.165, 1.54) is 5.56 Å². The highest BCUT2D eigenvalue weighted by Crippen LogP contribution is 2.26. The van der Waals surface area contributed by atoms with Crippen LogP contribution in [-0.2, 0) is 0 Å². The molecule has 0 fully saturated rings. The van der Waals surface area contributed by atoms with E-state index in [9.17, 15) is 0 Å².